The second kappa shape index (κ2) is 4.39. The van der Waals surface area contributed by atoms with E-state index in [0.29, 0.717) is 12.2 Å². The molecule has 0 fully saturated rings. The summed E-state index contributed by atoms with van der Waals surface area (Å²) in [5.41, 5.74) is 0.710. The molecule has 0 spiro atoms. The number of imidazole rings is 1. The lowest BCUT2D eigenvalue weighted by atomic mass is 10.4. The van der Waals surface area contributed by atoms with Gasteiger partial charge in [-0.3, -0.25) is 0 Å². The van der Waals surface area contributed by atoms with Crippen molar-refractivity contribution in [2.45, 2.75) is 6.54 Å². The van der Waals surface area contributed by atoms with Gasteiger partial charge in [-0.1, -0.05) is 0 Å². The summed E-state index contributed by atoms with van der Waals surface area (Å²) in [5, 5.41) is 13.4. The number of hydrogen-bond donors (Lipinski definition) is 2. The average Bonchev–Trinajstić information content (AvgIpc) is 2.80. The van der Waals surface area contributed by atoms with E-state index in [9.17, 15) is 10.1 Å². The van der Waals surface area contributed by atoms with Crippen LogP contribution in [0.15, 0.2) is 30.7 Å². The molecule has 0 aliphatic carbocycles. The van der Waals surface area contributed by atoms with E-state index >= 15 is 0 Å². The van der Waals surface area contributed by atoms with Crippen molar-refractivity contribution in [3.63, 3.8) is 0 Å². The second-order valence-corrected chi connectivity index (χ2v) is 3.05. The van der Waals surface area contributed by atoms with Crippen LogP contribution >= 0.6 is 0 Å². The standard InChI is InChI=1S/C9H9N5O2/c15-14(16)9-2-1-7(5-13-9)12-6-8-10-3-4-11-8/h1-5,12H,6H2,(H,10,11). The maximum absolute atomic E-state index is 10.4. The molecule has 0 unspecified atom stereocenters. The monoisotopic (exact) mass is 219 g/mol. The van der Waals surface area contributed by atoms with Gasteiger partial charge < -0.3 is 20.4 Å². The number of H-pyrrole nitrogens is 1. The number of aromatic nitrogens is 3. The number of hydrogen-bond acceptors (Lipinski definition) is 5. The van der Waals surface area contributed by atoms with Gasteiger partial charge in [-0.05, 0) is 16.0 Å². The van der Waals surface area contributed by atoms with Gasteiger partial charge in [0.1, 0.15) is 5.82 Å². The highest BCUT2D eigenvalue weighted by molar-refractivity contribution is 5.43. The summed E-state index contributed by atoms with van der Waals surface area (Å²) in [6, 6.07) is 2.96. The van der Waals surface area contributed by atoms with E-state index in [0.717, 1.165) is 5.82 Å². The predicted molar refractivity (Wildman–Crippen MR) is 56.8 cm³/mol. The number of nitrogens with one attached hydrogen (secondary N) is 2. The summed E-state index contributed by atoms with van der Waals surface area (Å²) in [6.07, 6.45) is 4.80. The number of rotatable bonds is 4. The second-order valence-electron chi connectivity index (χ2n) is 3.05. The zero-order valence-electron chi connectivity index (χ0n) is 8.25. The van der Waals surface area contributed by atoms with Crippen molar-refractivity contribution in [3.8, 4) is 0 Å². The molecule has 2 aromatic rings. The van der Waals surface area contributed by atoms with Gasteiger partial charge in [-0.25, -0.2) is 4.98 Å². The Hall–Kier alpha value is -2.44. The van der Waals surface area contributed by atoms with Crippen molar-refractivity contribution >= 4 is 11.5 Å². The minimum Gasteiger partial charge on any atom is -0.375 e. The maximum Gasteiger partial charge on any atom is 0.363 e. The van der Waals surface area contributed by atoms with Crippen LogP contribution in [0.1, 0.15) is 5.82 Å². The molecule has 2 N–H and O–H groups in total. The van der Waals surface area contributed by atoms with Crippen LogP contribution in [0.5, 0.6) is 0 Å². The van der Waals surface area contributed by atoms with Crippen LogP contribution in [0.3, 0.4) is 0 Å². The highest BCUT2D eigenvalue weighted by Crippen LogP contribution is 2.11. The van der Waals surface area contributed by atoms with Gasteiger partial charge in [0.2, 0.25) is 0 Å². The predicted octanol–water partition coefficient (Wildman–Crippen LogP) is 1.32. The Labute approximate surface area is 90.7 Å². The molecule has 2 aromatic heterocycles. The Morgan fingerprint density at radius 3 is 2.88 bits per heavy atom. The molecule has 0 amide bonds. The minimum atomic E-state index is -0.531. The van der Waals surface area contributed by atoms with Gasteiger partial charge in [-0.15, -0.1) is 0 Å². The lowest BCUT2D eigenvalue weighted by molar-refractivity contribution is -0.389. The van der Waals surface area contributed by atoms with Gasteiger partial charge in [0.25, 0.3) is 0 Å². The van der Waals surface area contributed by atoms with Crippen molar-refractivity contribution < 1.29 is 4.92 Å². The molecule has 0 radical (unpaired) electrons. The molecular weight excluding hydrogens is 210 g/mol. The lowest BCUT2D eigenvalue weighted by Gasteiger charge is -2.01. The lowest BCUT2D eigenvalue weighted by Crippen LogP contribution is -2.01. The third-order valence-corrected chi connectivity index (χ3v) is 1.95. The summed E-state index contributed by atoms with van der Waals surface area (Å²) < 4.78 is 0. The topological polar surface area (TPSA) is 96.7 Å². The largest absolute Gasteiger partial charge is 0.375 e. The fraction of sp³-hybridized carbons (Fsp3) is 0.111. The smallest absolute Gasteiger partial charge is 0.363 e. The summed E-state index contributed by atoms with van der Waals surface area (Å²) in [6.45, 7) is 0.520. The SMILES string of the molecule is O=[N+]([O-])c1ccc(NCc2ncc[nH]2)cn1. The zero-order chi connectivity index (χ0) is 11.4. The van der Waals surface area contributed by atoms with E-state index in [4.69, 9.17) is 0 Å². The molecule has 2 rings (SSSR count). The molecule has 0 aliphatic rings. The van der Waals surface area contributed by atoms with Crippen LogP contribution in [0.2, 0.25) is 0 Å². The molecule has 0 bridgehead atoms. The Kier molecular flexibility index (Phi) is 2.77. The van der Waals surface area contributed by atoms with E-state index in [1.807, 2.05) is 0 Å². The molecule has 0 aliphatic heterocycles. The molecule has 7 heteroatoms. The summed E-state index contributed by atoms with van der Waals surface area (Å²) in [5.74, 6) is 0.627. The van der Waals surface area contributed by atoms with Gasteiger partial charge in [-0.2, -0.15) is 0 Å². The molecular formula is C9H9N5O2. The number of pyridine rings is 1. The van der Waals surface area contributed by atoms with Gasteiger partial charge >= 0.3 is 5.82 Å². The van der Waals surface area contributed by atoms with Gasteiger partial charge in [0, 0.05) is 18.5 Å². The molecule has 2 heterocycles. The molecule has 7 nitrogen and oxygen atoms in total. The van der Waals surface area contributed by atoms with E-state index < -0.39 is 4.92 Å². The van der Waals surface area contributed by atoms with Crippen molar-refractivity contribution in [3.05, 3.63) is 46.7 Å². The third-order valence-electron chi connectivity index (χ3n) is 1.95. The Morgan fingerprint density at radius 2 is 2.31 bits per heavy atom. The Morgan fingerprint density at radius 1 is 1.44 bits per heavy atom. The van der Waals surface area contributed by atoms with Gasteiger partial charge in [0.05, 0.1) is 12.2 Å². The van der Waals surface area contributed by atoms with Crippen molar-refractivity contribution in [1.29, 1.82) is 0 Å². The highest BCUT2D eigenvalue weighted by Gasteiger charge is 2.05. The van der Waals surface area contributed by atoms with Gasteiger partial charge in [0.15, 0.2) is 6.20 Å². The number of aromatic amines is 1. The first kappa shape index (κ1) is 10.1. The van der Waals surface area contributed by atoms with Crippen LogP contribution in [0.4, 0.5) is 11.5 Å². The third kappa shape index (κ3) is 2.32. The summed E-state index contributed by atoms with van der Waals surface area (Å²) in [7, 11) is 0. The van der Waals surface area contributed by atoms with E-state index in [-0.39, 0.29) is 5.82 Å². The molecule has 0 atom stereocenters. The van der Waals surface area contributed by atoms with E-state index in [1.165, 1.54) is 12.3 Å². The van der Waals surface area contributed by atoms with Crippen LogP contribution in [-0.2, 0) is 6.54 Å². The maximum atomic E-state index is 10.4. The van der Waals surface area contributed by atoms with Crippen LogP contribution in [-0.4, -0.2) is 19.9 Å². The van der Waals surface area contributed by atoms with Crippen LogP contribution < -0.4 is 5.32 Å². The number of nitrogens with zero attached hydrogens (tertiary/aromatic N) is 3. The fourth-order valence-corrected chi connectivity index (χ4v) is 1.18. The summed E-state index contributed by atoms with van der Waals surface area (Å²) in [4.78, 5) is 20.5. The minimum absolute atomic E-state index is 0.163. The first-order chi connectivity index (χ1) is 7.75. The molecule has 0 aromatic carbocycles. The molecule has 0 saturated heterocycles. The van der Waals surface area contributed by atoms with Crippen LogP contribution in [0.25, 0.3) is 0 Å². The normalized spacial score (nSPS) is 10.0. The van der Waals surface area contributed by atoms with Crippen molar-refractivity contribution in [2.24, 2.45) is 0 Å². The quantitative estimate of drug-likeness (QED) is 0.597. The Balaban J connectivity index is 1.98. The highest BCUT2D eigenvalue weighted by atomic mass is 16.6. The molecule has 0 saturated carbocycles. The number of nitro groups is 1. The zero-order valence-corrected chi connectivity index (χ0v) is 8.25. The fourth-order valence-electron chi connectivity index (χ4n) is 1.18. The Bertz CT molecular complexity index is 465. The van der Waals surface area contributed by atoms with Crippen LogP contribution in [0, 0.1) is 10.1 Å². The molecule has 82 valence electrons. The summed E-state index contributed by atoms with van der Waals surface area (Å²) >= 11 is 0. The first-order valence-corrected chi connectivity index (χ1v) is 4.58. The van der Waals surface area contributed by atoms with E-state index in [2.05, 4.69) is 20.3 Å². The van der Waals surface area contributed by atoms with Crippen molar-refractivity contribution in [2.75, 3.05) is 5.32 Å². The first-order valence-electron chi connectivity index (χ1n) is 4.58. The average molecular weight is 219 g/mol. The van der Waals surface area contributed by atoms with E-state index in [1.54, 1.807) is 18.5 Å². The molecule has 16 heavy (non-hydrogen) atoms. The van der Waals surface area contributed by atoms with Crippen molar-refractivity contribution in [1.82, 2.24) is 15.0 Å². The number of anilines is 1.